The van der Waals surface area contributed by atoms with Gasteiger partial charge in [0.2, 0.25) is 0 Å². The molecule has 8 heteroatoms. The Morgan fingerprint density at radius 2 is 1.62 bits per heavy atom. The van der Waals surface area contributed by atoms with E-state index in [2.05, 4.69) is 10.6 Å². The second kappa shape index (κ2) is 7.70. The number of halogens is 2. The molecule has 2 aromatic carbocycles. The van der Waals surface area contributed by atoms with Crippen LogP contribution in [0.15, 0.2) is 47.4 Å². The molecule has 24 heavy (non-hydrogen) atoms. The van der Waals surface area contributed by atoms with Crippen LogP contribution in [0, 0.1) is 0 Å². The lowest BCUT2D eigenvalue weighted by atomic mass is 10.1. The van der Waals surface area contributed by atoms with Gasteiger partial charge in [0.1, 0.15) is 0 Å². The zero-order valence-corrected chi connectivity index (χ0v) is 16.2. The van der Waals surface area contributed by atoms with E-state index in [4.69, 9.17) is 35.4 Å². The van der Waals surface area contributed by atoms with E-state index in [0.29, 0.717) is 20.8 Å². The highest BCUT2D eigenvalue weighted by Gasteiger charge is 2.11. The van der Waals surface area contributed by atoms with Gasteiger partial charge < -0.3 is 10.6 Å². The molecule has 4 nitrogen and oxygen atoms in total. The summed E-state index contributed by atoms with van der Waals surface area (Å²) in [5, 5.41) is 7.57. The number of hydrogen-bond donors (Lipinski definition) is 2. The summed E-state index contributed by atoms with van der Waals surface area (Å²) in [6.07, 6.45) is 1.18. The van der Waals surface area contributed by atoms with Crippen LogP contribution in [0.3, 0.4) is 0 Å². The summed E-state index contributed by atoms with van der Waals surface area (Å²) in [6.45, 7) is 1.92. The summed E-state index contributed by atoms with van der Waals surface area (Å²) < 4.78 is 23.0. The van der Waals surface area contributed by atoms with Gasteiger partial charge in [0.15, 0.2) is 14.9 Å². The number of benzene rings is 2. The number of sulfone groups is 1. The Morgan fingerprint density at radius 3 is 2.12 bits per heavy atom. The Balaban J connectivity index is 2.03. The maximum atomic E-state index is 11.5. The first-order valence-electron chi connectivity index (χ1n) is 6.99. The normalized spacial score (nSPS) is 12.5. The molecule has 0 heterocycles. The molecule has 2 rings (SSSR count). The van der Waals surface area contributed by atoms with E-state index in [-0.39, 0.29) is 10.9 Å². The van der Waals surface area contributed by atoms with E-state index < -0.39 is 9.84 Å². The van der Waals surface area contributed by atoms with Crippen LogP contribution >= 0.6 is 35.4 Å². The lowest BCUT2D eigenvalue weighted by molar-refractivity contribution is 0.601. The minimum atomic E-state index is -3.20. The fraction of sp³-hybridized carbons (Fsp3) is 0.188. The summed E-state index contributed by atoms with van der Waals surface area (Å²) >= 11 is 17.2. The zero-order chi connectivity index (χ0) is 17.9. The average molecular weight is 403 g/mol. The molecule has 0 amide bonds. The van der Waals surface area contributed by atoms with E-state index >= 15 is 0 Å². The summed E-state index contributed by atoms with van der Waals surface area (Å²) in [4.78, 5) is 0.285. The van der Waals surface area contributed by atoms with Gasteiger partial charge in [-0.3, -0.25) is 0 Å². The first-order valence-corrected chi connectivity index (χ1v) is 10.0. The number of hydrogen-bond acceptors (Lipinski definition) is 3. The van der Waals surface area contributed by atoms with Gasteiger partial charge in [-0.15, -0.1) is 0 Å². The smallest absolute Gasteiger partial charge is 0.175 e. The minimum Gasteiger partial charge on any atom is -0.356 e. The Morgan fingerprint density at radius 1 is 1.08 bits per heavy atom. The molecule has 0 aromatic heterocycles. The lowest BCUT2D eigenvalue weighted by Gasteiger charge is -2.18. The number of nitrogens with one attached hydrogen (secondary N) is 2. The molecule has 128 valence electrons. The van der Waals surface area contributed by atoms with Gasteiger partial charge in [-0.1, -0.05) is 35.3 Å². The third-order valence-electron chi connectivity index (χ3n) is 3.28. The fourth-order valence-corrected chi connectivity index (χ4v) is 3.53. The molecular weight excluding hydrogens is 387 g/mol. The molecule has 0 unspecified atom stereocenters. The molecule has 0 radical (unpaired) electrons. The first-order chi connectivity index (χ1) is 11.1. The largest absolute Gasteiger partial charge is 0.356 e. The third kappa shape index (κ3) is 5.34. The van der Waals surface area contributed by atoms with E-state index in [0.717, 1.165) is 5.56 Å². The van der Waals surface area contributed by atoms with Gasteiger partial charge in [0.25, 0.3) is 0 Å². The van der Waals surface area contributed by atoms with Crippen molar-refractivity contribution in [3.8, 4) is 0 Å². The van der Waals surface area contributed by atoms with Crippen LogP contribution < -0.4 is 10.6 Å². The zero-order valence-electron chi connectivity index (χ0n) is 13.0. The van der Waals surface area contributed by atoms with Gasteiger partial charge in [-0.2, -0.15) is 0 Å². The molecule has 0 aliphatic rings. The molecule has 0 bridgehead atoms. The Kier molecular flexibility index (Phi) is 6.09. The van der Waals surface area contributed by atoms with Crippen molar-refractivity contribution in [2.24, 2.45) is 0 Å². The summed E-state index contributed by atoms with van der Waals surface area (Å²) in [6, 6.07) is 11.6. The minimum absolute atomic E-state index is 0.103. The first kappa shape index (κ1) is 19.0. The average Bonchev–Trinajstić information content (AvgIpc) is 2.45. The standard InChI is InChI=1S/C16H16Cl2N2O2S2/c1-10(11-3-5-15(6-4-11)24(2,21)22)19-16(23)20-14-8-12(17)7-13(18)9-14/h3-10H,1-2H3,(H2,19,20,23)/t10-/m1/s1. The van der Waals surface area contributed by atoms with Crippen LogP contribution in [0.1, 0.15) is 18.5 Å². The number of anilines is 1. The molecule has 0 aliphatic carbocycles. The Bertz CT molecular complexity index is 833. The maximum Gasteiger partial charge on any atom is 0.175 e. The highest BCUT2D eigenvalue weighted by Crippen LogP contribution is 2.23. The molecule has 0 spiro atoms. The summed E-state index contributed by atoms with van der Waals surface area (Å²) in [5.74, 6) is 0. The second-order valence-corrected chi connectivity index (χ2v) is 8.62. The van der Waals surface area contributed by atoms with Crippen LogP contribution in [-0.4, -0.2) is 19.8 Å². The van der Waals surface area contributed by atoms with Gasteiger partial charge in [0.05, 0.1) is 10.9 Å². The van der Waals surface area contributed by atoms with Gasteiger partial charge in [-0.25, -0.2) is 8.42 Å². The van der Waals surface area contributed by atoms with Crippen molar-refractivity contribution in [1.29, 1.82) is 0 Å². The van der Waals surface area contributed by atoms with Crippen molar-refractivity contribution in [3.63, 3.8) is 0 Å². The predicted octanol–water partition coefficient (Wildman–Crippen LogP) is 4.44. The SMILES string of the molecule is C[C@@H](NC(=S)Nc1cc(Cl)cc(Cl)c1)c1ccc(S(C)(=O)=O)cc1. The maximum absolute atomic E-state index is 11.5. The van der Waals surface area contributed by atoms with Gasteiger partial charge in [0, 0.05) is 22.0 Å². The number of thiocarbonyl (C=S) groups is 1. The molecule has 2 aromatic rings. The summed E-state index contributed by atoms with van der Waals surface area (Å²) in [7, 11) is -3.20. The lowest BCUT2D eigenvalue weighted by Crippen LogP contribution is -2.30. The van der Waals surface area contributed by atoms with Crippen LogP contribution in [0.5, 0.6) is 0 Å². The van der Waals surface area contributed by atoms with E-state index in [1.807, 2.05) is 6.92 Å². The molecule has 0 saturated carbocycles. The molecular formula is C16H16Cl2N2O2S2. The quantitative estimate of drug-likeness (QED) is 0.739. The van der Waals surface area contributed by atoms with Crippen molar-refractivity contribution in [1.82, 2.24) is 5.32 Å². The fourth-order valence-electron chi connectivity index (χ4n) is 2.08. The second-order valence-electron chi connectivity index (χ2n) is 5.32. The van der Waals surface area contributed by atoms with Crippen LogP contribution in [-0.2, 0) is 9.84 Å². The topological polar surface area (TPSA) is 58.2 Å². The highest BCUT2D eigenvalue weighted by atomic mass is 35.5. The van der Waals surface area contributed by atoms with Crippen LogP contribution in [0.4, 0.5) is 5.69 Å². The van der Waals surface area contributed by atoms with Gasteiger partial charge >= 0.3 is 0 Å². The molecule has 0 aliphatic heterocycles. The Labute approximate surface area is 157 Å². The van der Waals surface area contributed by atoms with Crippen LogP contribution in [0.2, 0.25) is 10.0 Å². The van der Waals surface area contributed by atoms with Crippen molar-refractivity contribution < 1.29 is 8.42 Å². The van der Waals surface area contributed by atoms with Gasteiger partial charge in [-0.05, 0) is 55.0 Å². The Hall–Kier alpha value is -1.34. The van der Waals surface area contributed by atoms with Crippen molar-refractivity contribution in [3.05, 3.63) is 58.1 Å². The van der Waals surface area contributed by atoms with Crippen molar-refractivity contribution >= 4 is 56.1 Å². The number of rotatable bonds is 4. The monoisotopic (exact) mass is 402 g/mol. The molecule has 0 fully saturated rings. The highest BCUT2D eigenvalue weighted by molar-refractivity contribution is 7.90. The molecule has 1 atom stereocenters. The van der Waals surface area contributed by atoms with Crippen molar-refractivity contribution in [2.45, 2.75) is 17.9 Å². The molecule has 2 N–H and O–H groups in total. The summed E-state index contributed by atoms with van der Waals surface area (Å²) in [5.41, 5.74) is 1.60. The molecule has 0 saturated heterocycles. The van der Waals surface area contributed by atoms with E-state index in [1.54, 1.807) is 42.5 Å². The third-order valence-corrected chi connectivity index (χ3v) is 5.06. The van der Waals surface area contributed by atoms with E-state index in [1.165, 1.54) is 6.26 Å². The van der Waals surface area contributed by atoms with E-state index in [9.17, 15) is 8.42 Å². The predicted molar refractivity (Wildman–Crippen MR) is 104 cm³/mol. The van der Waals surface area contributed by atoms with Crippen molar-refractivity contribution in [2.75, 3.05) is 11.6 Å². The van der Waals surface area contributed by atoms with Crippen LogP contribution in [0.25, 0.3) is 0 Å².